The number of nitriles is 2. The highest BCUT2D eigenvalue weighted by atomic mass is 32.2. The number of carbonyl (C=O) groups is 1. The van der Waals surface area contributed by atoms with Crippen molar-refractivity contribution >= 4 is 29.2 Å². The Morgan fingerprint density at radius 1 is 1.25 bits per heavy atom. The lowest BCUT2D eigenvalue weighted by Gasteiger charge is -2.21. The van der Waals surface area contributed by atoms with Crippen molar-refractivity contribution in [1.82, 2.24) is 4.98 Å². The number of carbonyl (C=O) groups excluding carboxylic acids is 1. The van der Waals surface area contributed by atoms with Gasteiger partial charge in [-0.3, -0.25) is 4.79 Å². The Kier molecular flexibility index (Phi) is 5.41. The number of thioether (sulfide) groups is 1. The molecule has 0 spiro atoms. The molecule has 0 aliphatic carbocycles. The SMILES string of the molecule is C[C@H](Sc1nc(N)c(C#N)cc1C#N)C(=O)N(C)c1ccccc1. The van der Waals surface area contributed by atoms with Gasteiger partial charge in [-0.05, 0) is 25.1 Å². The molecule has 0 aliphatic rings. The van der Waals surface area contributed by atoms with Gasteiger partial charge >= 0.3 is 0 Å². The number of benzene rings is 1. The standard InChI is InChI=1S/C17H15N5OS/c1-11(17(23)22(2)14-6-4-3-5-7-14)24-16-13(10-19)8-12(9-18)15(20)21-16/h3-8,11H,1-2H3,(H2,20,21)/t11-/m0/s1. The van der Waals surface area contributed by atoms with Crippen LogP contribution >= 0.6 is 11.8 Å². The van der Waals surface area contributed by atoms with E-state index in [0.29, 0.717) is 5.03 Å². The lowest BCUT2D eigenvalue weighted by molar-refractivity contribution is -0.117. The number of nitrogen functional groups attached to an aromatic ring is 1. The van der Waals surface area contributed by atoms with Crippen LogP contribution in [0.4, 0.5) is 11.5 Å². The van der Waals surface area contributed by atoms with Crippen molar-refractivity contribution in [3.05, 3.63) is 47.5 Å². The Labute approximate surface area is 144 Å². The lowest BCUT2D eigenvalue weighted by Crippen LogP contribution is -2.33. The molecule has 120 valence electrons. The Balaban J connectivity index is 2.22. The summed E-state index contributed by atoms with van der Waals surface area (Å²) < 4.78 is 0. The first-order chi connectivity index (χ1) is 11.5. The second kappa shape index (κ2) is 7.49. The smallest absolute Gasteiger partial charge is 0.239 e. The van der Waals surface area contributed by atoms with Crippen molar-refractivity contribution in [3.63, 3.8) is 0 Å². The summed E-state index contributed by atoms with van der Waals surface area (Å²) in [6.45, 7) is 1.74. The first-order valence-corrected chi connectivity index (χ1v) is 7.96. The van der Waals surface area contributed by atoms with Crippen LogP contribution in [0.25, 0.3) is 0 Å². The van der Waals surface area contributed by atoms with E-state index in [-0.39, 0.29) is 22.9 Å². The first kappa shape index (κ1) is 17.3. The molecule has 7 heteroatoms. The zero-order chi connectivity index (χ0) is 17.7. The molecular formula is C17H15N5OS. The number of amides is 1. The summed E-state index contributed by atoms with van der Waals surface area (Å²) in [5.74, 6) is -0.0742. The molecule has 2 N–H and O–H groups in total. The topological polar surface area (TPSA) is 107 Å². The van der Waals surface area contributed by atoms with Crippen LogP contribution in [0.1, 0.15) is 18.1 Å². The molecule has 1 heterocycles. The van der Waals surface area contributed by atoms with Gasteiger partial charge in [-0.15, -0.1) is 0 Å². The third kappa shape index (κ3) is 3.65. The van der Waals surface area contributed by atoms with Gasteiger partial charge in [0.25, 0.3) is 0 Å². The number of hydrogen-bond acceptors (Lipinski definition) is 6. The highest BCUT2D eigenvalue weighted by Crippen LogP contribution is 2.29. The summed E-state index contributed by atoms with van der Waals surface area (Å²) >= 11 is 1.15. The van der Waals surface area contributed by atoms with E-state index in [1.165, 1.54) is 6.07 Å². The number of nitrogens with two attached hydrogens (primary N) is 1. The van der Waals surface area contributed by atoms with Crippen LogP contribution in [0.15, 0.2) is 41.4 Å². The van der Waals surface area contributed by atoms with Crippen molar-refractivity contribution < 1.29 is 4.79 Å². The number of rotatable bonds is 4. The average molecular weight is 337 g/mol. The molecule has 0 unspecified atom stereocenters. The van der Waals surface area contributed by atoms with E-state index < -0.39 is 5.25 Å². The monoisotopic (exact) mass is 337 g/mol. The van der Waals surface area contributed by atoms with Crippen LogP contribution in [-0.2, 0) is 4.79 Å². The Bertz CT molecular complexity index is 839. The van der Waals surface area contributed by atoms with E-state index >= 15 is 0 Å². The van der Waals surface area contributed by atoms with Crippen LogP contribution in [-0.4, -0.2) is 23.2 Å². The third-order valence-electron chi connectivity index (χ3n) is 3.37. The van der Waals surface area contributed by atoms with Gasteiger partial charge in [0.2, 0.25) is 5.91 Å². The van der Waals surface area contributed by atoms with Gasteiger partial charge < -0.3 is 10.6 Å². The minimum Gasteiger partial charge on any atom is -0.383 e. The van der Waals surface area contributed by atoms with E-state index in [0.717, 1.165) is 17.4 Å². The van der Waals surface area contributed by atoms with Crippen molar-refractivity contribution in [1.29, 1.82) is 10.5 Å². The van der Waals surface area contributed by atoms with Gasteiger partial charge in [-0.2, -0.15) is 10.5 Å². The summed E-state index contributed by atoms with van der Waals surface area (Å²) in [4.78, 5) is 18.2. The molecule has 1 aromatic heterocycles. The zero-order valence-corrected chi connectivity index (χ0v) is 14.0. The second-order valence-corrected chi connectivity index (χ2v) is 6.32. The predicted octanol–water partition coefficient (Wildman–Crippen LogP) is 2.55. The van der Waals surface area contributed by atoms with Gasteiger partial charge in [0.05, 0.1) is 16.4 Å². The minimum atomic E-state index is -0.470. The Hall–Kier alpha value is -3.03. The molecule has 2 aromatic rings. The molecule has 24 heavy (non-hydrogen) atoms. The molecular weight excluding hydrogens is 322 g/mol. The Morgan fingerprint density at radius 2 is 1.88 bits per heavy atom. The molecule has 6 nitrogen and oxygen atoms in total. The molecule has 0 radical (unpaired) electrons. The molecule has 0 saturated heterocycles. The summed E-state index contributed by atoms with van der Waals surface area (Å²) in [7, 11) is 1.69. The van der Waals surface area contributed by atoms with E-state index in [9.17, 15) is 10.1 Å². The van der Waals surface area contributed by atoms with Gasteiger partial charge in [-0.25, -0.2) is 4.98 Å². The fourth-order valence-corrected chi connectivity index (χ4v) is 3.02. The summed E-state index contributed by atoms with van der Waals surface area (Å²) in [5, 5.41) is 18.0. The minimum absolute atomic E-state index is 0.0510. The van der Waals surface area contributed by atoms with E-state index in [4.69, 9.17) is 11.0 Å². The maximum absolute atomic E-state index is 12.6. The van der Waals surface area contributed by atoms with Crippen molar-refractivity contribution in [3.8, 4) is 12.1 Å². The first-order valence-electron chi connectivity index (χ1n) is 7.08. The maximum Gasteiger partial charge on any atom is 0.239 e. The molecule has 0 fully saturated rings. The van der Waals surface area contributed by atoms with E-state index in [1.54, 1.807) is 18.9 Å². The fraction of sp³-hybridized carbons (Fsp3) is 0.176. The number of para-hydroxylation sites is 1. The summed E-state index contributed by atoms with van der Waals surface area (Å²) in [5.41, 5.74) is 6.87. The summed E-state index contributed by atoms with van der Waals surface area (Å²) in [6.07, 6.45) is 0. The highest BCUT2D eigenvalue weighted by molar-refractivity contribution is 8.00. The maximum atomic E-state index is 12.6. The number of hydrogen-bond donors (Lipinski definition) is 1. The van der Waals surface area contributed by atoms with Gasteiger partial charge in [0.1, 0.15) is 23.0 Å². The number of nitrogens with zero attached hydrogens (tertiary/aromatic N) is 4. The Morgan fingerprint density at radius 3 is 2.46 bits per heavy atom. The van der Waals surface area contributed by atoms with Crippen LogP contribution in [0, 0.1) is 22.7 Å². The van der Waals surface area contributed by atoms with Crippen molar-refractivity contribution in [2.75, 3.05) is 17.7 Å². The third-order valence-corrected chi connectivity index (χ3v) is 4.46. The molecule has 0 bridgehead atoms. The van der Waals surface area contributed by atoms with Crippen LogP contribution < -0.4 is 10.6 Å². The molecule has 0 saturated carbocycles. The van der Waals surface area contributed by atoms with E-state index in [2.05, 4.69) is 4.98 Å². The molecule has 0 aliphatic heterocycles. The number of aromatic nitrogens is 1. The van der Waals surface area contributed by atoms with Crippen LogP contribution in [0.3, 0.4) is 0 Å². The highest BCUT2D eigenvalue weighted by Gasteiger charge is 2.22. The lowest BCUT2D eigenvalue weighted by atomic mass is 10.2. The molecule has 1 amide bonds. The molecule has 1 aromatic carbocycles. The van der Waals surface area contributed by atoms with Gasteiger partial charge in [0, 0.05) is 12.7 Å². The van der Waals surface area contributed by atoms with Crippen molar-refractivity contribution in [2.45, 2.75) is 17.2 Å². The second-order valence-electron chi connectivity index (χ2n) is 4.99. The fourth-order valence-electron chi connectivity index (χ4n) is 2.04. The quantitative estimate of drug-likeness (QED) is 0.859. The summed E-state index contributed by atoms with van der Waals surface area (Å²) in [6, 6.07) is 14.5. The van der Waals surface area contributed by atoms with Crippen LogP contribution in [0.2, 0.25) is 0 Å². The number of anilines is 2. The van der Waals surface area contributed by atoms with Crippen molar-refractivity contribution in [2.24, 2.45) is 0 Å². The number of pyridine rings is 1. The molecule has 2 rings (SSSR count). The van der Waals surface area contributed by atoms with E-state index in [1.807, 2.05) is 42.5 Å². The molecule has 1 atom stereocenters. The zero-order valence-electron chi connectivity index (χ0n) is 13.2. The normalized spacial score (nSPS) is 11.2. The predicted molar refractivity (Wildman–Crippen MR) is 93.3 cm³/mol. The van der Waals surface area contributed by atoms with Gasteiger partial charge in [0.15, 0.2) is 0 Å². The van der Waals surface area contributed by atoms with Gasteiger partial charge in [-0.1, -0.05) is 30.0 Å². The average Bonchev–Trinajstić information content (AvgIpc) is 2.61. The van der Waals surface area contributed by atoms with Crippen LogP contribution in [0.5, 0.6) is 0 Å². The largest absolute Gasteiger partial charge is 0.383 e.